The van der Waals surface area contributed by atoms with Gasteiger partial charge in [-0.1, -0.05) is 0 Å². The van der Waals surface area contributed by atoms with Crippen molar-refractivity contribution in [2.24, 2.45) is 0 Å². The van der Waals surface area contributed by atoms with E-state index in [9.17, 15) is 0 Å². The molecule has 0 radical (unpaired) electrons. The molecule has 0 rings (SSSR count). The Labute approximate surface area is 197 Å². The Morgan fingerprint density at radius 2 is 0.393 bits per heavy atom. The van der Waals surface area contributed by atoms with E-state index in [1.807, 2.05) is 0 Å². The van der Waals surface area contributed by atoms with Crippen LogP contribution in [0.25, 0.3) is 0 Å². The Kier molecular flexibility index (Phi) is 9.39. The summed E-state index contributed by atoms with van der Waals surface area (Å²) in [5, 5.41) is 0. The Hall–Kier alpha value is 2.42. The molecular formula is C20H54As2Si6. The maximum atomic E-state index is 2.76. The van der Waals surface area contributed by atoms with E-state index in [2.05, 4.69) is 118 Å². The van der Waals surface area contributed by atoms with E-state index < -0.39 is 48.4 Å². The molecule has 0 saturated heterocycles. The zero-order chi connectivity index (χ0) is 23.4. The first-order valence-electron chi connectivity index (χ1n) is 11.1. The van der Waals surface area contributed by atoms with Gasteiger partial charge in [0.05, 0.1) is 0 Å². The van der Waals surface area contributed by atoms with Crippen LogP contribution >= 0.6 is 0 Å². The van der Waals surface area contributed by atoms with E-state index in [0.29, 0.717) is 26.3 Å². The van der Waals surface area contributed by atoms with E-state index in [-0.39, 0.29) is 0 Å². The molecule has 0 nitrogen and oxygen atoms in total. The van der Waals surface area contributed by atoms with Gasteiger partial charge >= 0.3 is 199 Å². The van der Waals surface area contributed by atoms with Crippen molar-refractivity contribution >= 4 is 74.7 Å². The summed E-state index contributed by atoms with van der Waals surface area (Å²) in [7, 11) is -7.50. The number of hydrogen-bond acceptors (Lipinski definition) is 0. The van der Waals surface area contributed by atoms with E-state index in [0.717, 1.165) is 6.15 Å². The summed E-state index contributed by atoms with van der Waals surface area (Å²) >= 11 is 0.994. The molecule has 28 heavy (non-hydrogen) atoms. The molecular weight excluding hydrogens is 559 g/mol. The van der Waals surface area contributed by atoms with Gasteiger partial charge in [0.2, 0.25) is 0 Å². The van der Waals surface area contributed by atoms with Crippen molar-refractivity contribution in [2.75, 3.05) is 0 Å². The van der Waals surface area contributed by atoms with Crippen molar-refractivity contribution in [3.05, 3.63) is 0 Å². The van der Waals surface area contributed by atoms with Crippen molar-refractivity contribution in [3.63, 3.8) is 0 Å². The molecule has 0 fully saturated rings. The summed E-state index contributed by atoms with van der Waals surface area (Å²) in [6.07, 6.45) is 0. The van der Waals surface area contributed by atoms with Crippen molar-refractivity contribution in [3.8, 4) is 0 Å². The van der Waals surface area contributed by atoms with Crippen molar-refractivity contribution in [1.82, 2.24) is 0 Å². The topological polar surface area (TPSA) is 0 Å². The predicted molar refractivity (Wildman–Crippen MR) is 157 cm³/mol. The molecule has 0 aliphatic rings. The van der Waals surface area contributed by atoms with Gasteiger partial charge in [0, 0.05) is 0 Å². The normalized spacial score (nSPS) is 16.8. The summed E-state index contributed by atoms with van der Waals surface area (Å²) in [5.41, 5.74) is 0. The van der Waals surface area contributed by atoms with Crippen molar-refractivity contribution < 1.29 is 0 Å². The second-order valence-corrected chi connectivity index (χ2v) is 63.1. The van der Waals surface area contributed by atoms with Gasteiger partial charge in [-0.3, -0.25) is 0 Å². The van der Waals surface area contributed by atoms with Crippen LogP contribution in [-0.2, 0) is 0 Å². The van der Waals surface area contributed by atoms with Crippen LogP contribution in [0.1, 0.15) is 0 Å². The second kappa shape index (κ2) is 8.65. The Morgan fingerprint density at radius 3 is 0.464 bits per heavy atom. The summed E-state index contributed by atoms with van der Waals surface area (Å²) in [5.74, 6) is 0. The first-order valence-corrected chi connectivity index (χ1v) is 39.2. The third-order valence-corrected chi connectivity index (χ3v) is 97.5. The van der Waals surface area contributed by atoms with Crippen LogP contribution in [0.4, 0.5) is 0 Å². The molecule has 0 N–H and O–H groups in total. The molecule has 0 unspecified atom stereocenters. The minimum atomic E-state index is -1.25. The molecule has 0 atom stereocenters. The average Bonchev–Trinajstić information content (AvgIpc) is 2.23. The molecule has 0 heterocycles. The molecule has 0 aromatic heterocycles. The number of hydrogen-bond donors (Lipinski definition) is 0. The van der Waals surface area contributed by atoms with Crippen LogP contribution in [0.3, 0.4) is 0 Å². The molecule has 0 bridgehead atoms. The van der Waals surface area contributed by atoms with Crippen LogP contribution < -0.4 is 0 Å². The molecule has 0 aromatic rings. The molecule has 0 saturated carbocycles. The van der Waals surface area contributed by atoms with Crippen LogP contribution in [0.5, 0.6) is 0 Å². The van der Waals surface area contributed by atoms with Gasteiger partial charge in [0.25, 0.3) is 0 Å². The summed E-state index contributed by atoms with van der Waals surface area (Å²) in [6.45, 7) is 49.7. The summed E-state index contributed by atoms with van der Waals surface area (Å²) in [6, 6.07) is 0. The van der Waals surface area contributed by atoms with Gasteiger partial charge in [-0.25, -0.2) is 0 Å². The Bertz CT molecular complexity index is 449. The third kappa shape index (κ3) is 5.31. The summed E-state index contributed by atoms with van der Waals surface area (Å²) < 4.78 is 1.68. The average molecular weight is 613 g/mol. The minimum absolute atomic E-state index is 0.497. The zero-order valence-corrected chi connectivity index (χ0v) is 32.6. The molecule has 0 aliphatic heterocycles. The van der Waals surface area contributed by atoms with Crippen LogP contribution in [0.15, 0.2) is 0 Å². The molecule has 0 aromatic carbocycles. The van der Waals surface area contributed by atoms with Gasteiger partial charge < -0.3 is 0 Å². The van der Waals surface area contributed by atoms with Gasteiger partial charge in [0.1, 0.15) is 0 Å². The zero-order valence-electron chi connectivity index (χ0n) is 22.9. The summed E-state index contributed by atoms with van der Waals surface area (Å²) in [4.78, 5) is 0. The number of rotatable bonds is 8. The molecule has 0 aliphatic carbocycles. The van der Waals surface area contributed by atoms with Gasteiger partial charge in [-0.05, 0) is 0 Å². The molecule has 168 valence electrons. The molecule has 0 spiro atoms. The van der Waals surface area contributed by atoms with Crippen LogP contribution in [0, 0.1) is 0 Å². The van der Waals surface area contributed by atoms with Gasteiger partial charge in [-0.15, -0.1) is 0 Å². The fraction of sp³-hybridized carbons (Fsp3) is 1.00. The predicted octanol–water partition coefficient (Wildman–Crippen LogP) is 7.89. The fourth-order valence-corrected chi connectivity index (χ4v) is 146. The fourth-order valence-electron chi connectivity index (χ4n) is 7.80. The van der Waals surface area contributed by atoms with Crippen LogP contribution in [-0.4, -0.2) is 74.7 Å². The van der Waals surface area contributed by atoms with E-state index in [4.69, 9.17) is 0 Å². The first-order chi connectivity index (χ1) is 11.7. The molecule has 0 amide bonds. The van der Waals surface area contributed by atoms with Crippen LogP contribution in [0.2, 0.25) is 124 Å². The standard InChI is InChI=1S/C20H54As2Si6/c1-23(2,3)19(24(4,5)6,25(7,8)9)21-22-20(26(10,11)12,27(13,14)15)28(16,17)18/h1-18H3. The first kappa shape index (κ1) is 30.4. The monoisotopic (exact) mass is 612 g/mol. The molecule has 8 heteroatoms. The van der Waals surface area contributed by atoms with E-state index >= 15 is 0 Å². The van der Waals surface area contributed by atoms with Crippen molar-refractivity contribution in [2.45, 2.75) is 124 Å². The second-order valence-electron chi connectivity index (χ2n) is 15.1. The Balaban J connectivity index is 7.39. The van der Waals surface area contributed by atoms with E-state index in [1.54, 1.807) is 0 Å². The third-order valence-electron chi connectivity index (χ3n) is 6.86. The van der Waals surface area contributed by atoms with Gasteiger partial charge in [0.15, 0.2) is 0 Å². The SMILES string of the molecule is C[Si](C)(C)C([As]=[As]C([Si](C)(C)C)([Si](C)(C)C)[Si](C)(C)C)([Si](C)(C)C)[Si](C)(C)C. The van der Waals surface area contributed by atoms with Gasteiger partial charge in [-0.2, -0.15) is 0 Å². The van der Waals surface area contributed by atoms with E-state index in [1.165, 1.54) is 0 Å². The maximum absolute atomic E-state index is 2.76. The quantitative estimate of drug-likeness (QED) is 0.245. The van der Waals surface area contributed by atoms with Crippen molar-refractivity contribution in [1.29, 1.82) is 0 Å². The Morgan fingerprint density at radius 1 is 0.286 bits per heavy atom.